The molecule has 72 valence electrons. The van der Waals surface area contributed by atoms with Crippen molar-refractivity contribution in [3.63, 3.8) is 0 Å². The fourth-order valence-electron chi connectivity index (χ4n) is 1.14. The van der Waals surface area contributed by atoms with Crippen LogP contribution in [0.25, 0.3) is 11.4 Å². The van der Waals surface area contributed by atoms with Crippen LogP contribution in [0.3, 0.4) is 0 Å². The van der Waals surface area contributed by atoms with E-state index in [-0.39, 0.29) is 0 Å². The molecular weight excluding hydrogens is 180 g/mol. The average Bonchev–Trinajstić information content (AvgIpc) is 2.68. The van der Waals surface area contributed by atoms with Crippen LogP contribution in [0, 0.1) is 0 Å². The number of benzene rings is 1. The first-order valence-electron chi connectivity index (χ1n) is 4.39. The summed E-state index contributed by atoms with van der Waals surface area (Å²) in [4.78, 5) is 6.54. The van der Waals surface area contributed by atoms with E-state index in [4.69, 9.17) is 4.84 Å². The number of nitrogens with zero attached hydrogens (tertiary/aromatic N) is 4. The highest BCUT2D eigenvalue weighted by Gasteiger charge is 2.07. The SMILES string of the molecule is CCOn1nnnc1-c1ccccc1. The van der Waals surface area contributed by atoms with Crippen molar-refractivity contribution in [2.45, 2.75) is 6.92 Å². The lowest BCUT2D eigenvalue weighted by Gasteiger charge is -2.02. The summed E-state index contributed by atoms with van der Waals surface area (Å²) in [6.07, 6.45) is 0. The molecule has 1 aromatic carbocycles. The highest BCUT2D eigenvalue weighted by molar-refractivity contribution is 5.53. The zero-order valence-electron chi connectivity index (χ0n) is 7.79. The van der Waals surface area contributed by atoms with Gasteiger partial charge in [-0.2, -0.15) is 0 Å². The monoisotopic (exact) mass is 190 g/mol. The van der Waals surface area contributed by atoms with E-state index in [1.54, 1.807) is 0 Å². The molecule has 2 rings (SSSR count). The molecule has 0 aliphatic heterocycles. The Balaban J connectivity index is 2.37. The third-order valence-electron chi connectivity index (χ3n) is 1.73. The quantitative estimate of drug-likeness (QED) is 0.718. The molecule has 1 aromatic heterocycles. The second kappa shape index (κ2) is 3.87. The molecule has 0 atom stereocenters. The van der Waals surface area contributed by atoms with Crippen LogP contribution in [0.5, 0.6) is 0 Å². The molecule has 0 saturated carbocycles. The van der Waals surface area contributed by atoms with Gasteiger partial charge in [0.05, 0.1) is 0 Å². The van der Waals surface area contributed by atoms with Gasteiger partial charge in [-0.3, -0.25) is 0 Å². The van der Waals surface area contributed by atoms with Crippen LogP contribution in [-0.4, -0.2) is 27.0 Å². The predicted molar refractivity (Wildman–Crippen MR) is 50.4 cm³/mol. The van der Waals surface area contributed by atoms with Gasteiger partial charge >= 0.3 is 0 Å². The van der Waals surface area contributed by atoms with Crippen molar-refractivity contribution in [2.24, 2.45) is 0 Å². The molecule has 0 fully saturated rings. The first kappa shape index (κ1) is 8.68. The van der Waals surface area contributed by atoms with Crippen LogP contribution in [-0.2, 0) is 0 Å². The minimum Gasteiger partial charge on any atom is -0.394 e. The first-order valence-corrected chi connectivity index (χ1v) is 4.39. The summed E-state index contributed by atoms with van der Waals surface area (Å²) >= 11 is 0. The molecule has 0 radical (unpaired) electrons. The molecule has 0 saturated heterocycles. The molecule has 5 heteroatoms. The molecule has 5 nitrogen and oxygen atoms in total. The fourth-order valence-corrected chi connectivity index (χ4v) is 1.14. The minimum atomic E-state index is 0.533. The Morgan fingerprint density at radius 2 is 2.07 bits per heavy atom. The van der Waals surface area contributed by atoms with Crippen molar-refractivity contribution >= 4 is 0 Å². The van der Waals surface area contributed by atoms with Crippen LogP contribution < -0.4 is 4.84 Å². The number of aromatic nitrogens is 4. The van der Waals surface area contributed by atoms with E-state index in [1.165, 1.54) is 4.85 Å². The summed E-state index contributed by atoms with van der Waals surface area (Å²) < 4.78 is 0. The van der Waals surface area contributed by atoms with Crippen molar-refractivity contribution in [2.75, 3.05) is 6.61 Å². The van der Waals surface area contributed by atoms with Gasteiger partial charge < -0.3 is 4.84 Å². The molecule has 0 spiro atoms. The maximum absolute atomic E-state index is 5.21. The lowest BCUT2D eigenvalue weighted by molar-refractivity contribution is 0.0920. The van der Waals surface area contributed by atoms with Crippen LogP contribution in [0.1, 0.15) is 6.92 Å². The van der Waals surface area contributed by atoms with Crippen LogP contribution in [0.15, 0.2) is 30.3 Å². The summed E-state index contributed by atoms with van der Waals surface area (Å²) in [5, 5.41) is 11.2. The Morgan fingerprint density at radius 3 is 2.79 bits per heavy atom. The Kier molecular flexibility index (Phi) is 2.40. The smallest absolute Gasteiger partial charge is 0.222 e. The number of hydrogen-bond donors (Lipinski definition) is 0. The Bertz CT molecular complexity index is 398. The van der Waals surface area contributed by atoms with Gasteiger partial charge in [0, 0.05) is 5.56 Å². The van der Waals surface area contributed by atoms with Gasteiger partial charge in [-0.25, -0.2) is 0 Å². The van der Waals surface area contributed by atoms with E-state index >= 15 is 0 Å². The molecule has 2 aromatic rings. The van der Waals surface area contributed by atoms with Crippen molar-refractivity contribution < 1.29 is 4.84 Å². The van der Waals surface area contributed by atoms with Crippen molar-refractivity contribution in [1.82, 2.24) is 20.4 Å². The number of rotatable bonds is 3. The van der Waals surface area contributed by atoms with E-state index in [9.17, 15) is 0 Å². The fraction of sp³-hybridized carbons (Fsp3) is 0.222. The third-order valence-corrected chi connectivity index (χ3v) is 1.73. The highest BCUT2D eigenvalue weighted by atomic mass is 16.7. The topological polar surface area (TPSA) is 52.8 Å². The van der Waals surface area contributed by atoms with Gasteiger partial charge in [0.1, 0.15) is 6.61 Å². The molecule has 0 aliphatic rings. The second-order valence-electron chi connectivity index (χ2n) is 2.66. The number of tetrazole rings is 1. The maximum atomic E-state index is 5.21. The molecule has 0 aliphatic carbocycles. The Hall–Kier alpha value is -1.91. The predicted octanol–water partition coefficient (Wildman–Crippen LogP) is 0.789. The zero-order valence-corrected chi connectivity index (χ0v) is 7.79. The van der Waals surface area contributed by atoms with E-state index < -0.39 is 0 Å². The van der Waals surface area contributed by atoms with Crippen molar-refractivity contribution in [3.05, 3.63) is 30.3 Å². The molecule has 0 amide bonds. The van der Waals surface area contributed by atoms with Crippen LogP contribution >= 0.6 is 0 Å². The Labute approximate surface area is 81.3 Å². The van der Waals surface area contributed by atoms with Crippen molar-refractivity contribution in [3.8, 4) is 11.4 Å². The molecule has 1 heterocycles. The highest BCUT2D eigenvalue weighted by Crippen LogP contribution is 2.13. The van der Waals surface area contributed by atoms with Crippen LogP contribution in [0.2, 0.25) is 0 Å². The second-order valence-corrected chi connectivity index (χ2v) is 2.66. The van der Waals surface area contributed by atoms with Gasteiger partial charge in [0.25, 0.3) is 0 Å². The third kappa shape index (κ3) is 1.56. The number of hydrogen-bond acceptors (Lipinski definition) is 4. The first-order chi connectivity index (χ1) is 6.92. The Morgan fingerprint density at radius 1 is 1.29 bits per heavy atom. The van der Waals surface area contributed by atoms with E-state index in [1.807, 2.05) is 37.3 Å². The molecular formula is C9H10N4O. The van der Waals surface area contributed by atoms with Gasteiger partial charge in [-0.1, -0.05) is 35.2 Å². The van der Waals surface area contributed by atoms with E-state index in [0.29, 0.717) is 12.4 Å². The van der Waals surface area contributed by atoms with E-state index in [2.05, 4.69) is 15.5 Å². The summed E-state index contributed by atoms with van der Waals surface area (Å²) in [6.45, 7) is 2.42. The zero-order chi connectivity index (χ0) is 9.80. The molecule has 0 N–H and O–H groups in total. The normalized spacial score (nSPS) is 10.1. The summed E-state index contributed by atoms with van der Waals surface area (Å²) in [5.41, 5.74) is 0.936. The van der Waals surface area contributed by atoms with Crippen LogP contribution in [0.4, 0.5) is 0 Å². The maximum Gasteiger partial charge on any atom is 0.222 e. The van der Waals surface area contributed by atoms with Gasteiger partial charge in [-0.15, -0.1) is 5.10 Å². The van der Waals surface area contributed by atoms with Gasteiger partial charge in [0.15, 0.2) is 0 Å². The lowest BCUT2D eigenvalue weighted by atomic mass is 10.2. The van der Waals surface area contributed by atoms with Gasteiger partial charge in [0.2, 0.25) is 5.82 Å². The van der Waals surface area contributed by atoms with Crippen molar-refractivity contribution in [1.29, 1.82) is 0 Å². The summed E-state index contributed by atoms with van der Waals surface area (Å²) in [5.74, 6) is 0.618. The molecule has 0 unspecified atom stereocenters. The summed E-state index contributed by atoms with van der Waals surface area (Å²) in [7, 11) is 0. The average molecular weight is 190 g/mol. The summed E-state index contributed by atoms with van der Waals surface area (Å²) in [6, 6.07) is 9.67. The minimum absolute atomic E-state index is 0.533. The van der Waals surface area contributed by atoms with Gasteiger partial charge in [-0.05, 0) is 17.4 Å². The lowest BCUT2D eigenvalue weighted by Crippen LogP contribution is -2.13. The standard InChI is InChI=1S/C9H10N4O/c1-2-14-13-9(10-11-12-13)8-6-4-3-5-7-8/h3-7H,2H2,1H3. The molecule has 14 heavy (non-hydrogen) atoms. The van der Waals surface area contributed by atoms with E-state index in [0.717, 1.165) is 5.56 Å². The largest absolute Gasteiger partial charge is 0.394 e. The molecule has 0 bridgehead atoms.